The van der Waals surface area contributed by atoms with Gasteiger partial charge in [0.2, 0.25) is 0 Å². The van der Waals surface area contributed by atoms with Crippen LogP contribution in [0.15, 0.2) is 51.7 Å². The molecule has 0 saturated heterocycles. The van der Waals surface area contributed by atoms with Gasteiger partial charge in [-0.2, -0.15) is 5.10 Å². The molecule has 3 aromatic rings. The molecule has 162 valence electrons. The minimum atomic E-state index is -1.60. The Bertz CT molecular complexity index is 1070. The van der Waals surface area contributed by atoms with Gasteiger partial charge in [0.15, 0.2) is 11.4 Å². The number of amides is 2. The van der Waals surface area contributed by atoms with Gasteiger partial charge in [0.05, 0.1) is 25.6 Å². The molecule has 0 bridgehead atoms. The lowest BCUT2D eigenvalue weighted by atomic mass is 9.94. The molecule has 1 aliphatic heterocycles. The van der Waals surface area contributed by atoms with Crippen LogP contribution in [0.3, 0.4) is 0 Å². The smallest absolute Gasteiger partial charge is 0.274 e. The van der Waals surface area contributed by atoms with Crippen molar-refractivity contribution in [2.45, 2.75) is 56.9 Å². The molecule has 0 aromatic carbocycles. The summed E-state index contributed by atoms with van der Waals surface area (Å²) in [5, 5.41) is 7.57. The summed E-state index contributed by atoms with van der Waals surface area (Å²) < 4.78 is 12.4. The van der Waals surface area contributed by atoms with Crippen molar-refractivity contribution in [1.29, 1.82) is 0 Å². The topological polar surface area (TPSA) is 120 Å². The van der Waals surface area contributed by atoms with Gasteiger partial charge in [0, 0.05) is 12.1 Å². The number of hydrogen-bond acceptors (Lipinski definition) is 6. The summed E-state index contributed by atoms with van der Waals surface area (Å²) >= 11 is 0. The first kappa shape index (κ1) is 19.6. The number of fused-ring (bicyclic) bond motifs is 1. The third kappa shape index (κ3) is 3.54. The summed E-state index contributed by atoms with van der Waals surface area (Å²) in [4.78, 5) is 28.3. The van der Waals surface area contributed by atoms with Crippen LogP contribution < -0.4 is 11.1 Å². The predicted molar refractivity (Wildman–Crippen MR) is 110 cm³/mol. The van der Waals surface area contributed by atoms with Crippen molar-refractivity contribution in [3.63, 3.8) is 0 Å². The average molecular weight is 423 g/mol. The highest BCUT2D eigenvalue weighted by Gasteiger charge is 2.49. The molecule has 4 heterocycles. The third-order valence-electron chi connectivity index (χ3n) is 6.12. The molecule has 1 fully saturated rings. The predicted octanol–water partition coefficient (Wildman–Crippen LogP) is 2.50. The van der Waals surface area contributed by atoms with Gasteiger partial charge in [-0.3, -0.25) is 20.0 Å². The number of nitrogens with two attached hydrogens (primary N) is 1. The molecule has 1 unspecified atom stereocenters. The lowest BCUT2D eigenvalue weighted by Crippen LogP contribution is -2.71. The molecule has 1 aliphatic carbocycles. The second kappa shape index (κ2) is 7.73. The van der Waals surface area contributed by atoms with E-state index in [-0.39, 0.29) is 30.9 Å². The van der Waals surface area contributed by atoms with E-state index >= 15 is 0 Å². The van der Waals surface area contributed by atoms with E-state index in [1.165, 1.54) is 22.3 Å². The van der Waals surface area contributed by atoms with Gasteiger partial charge in [-0.05, 0) is 37.1 Å². The van der Waals surface area contributed by atoms with Crippen LogP contribution in [0.2, 0.25) is 0 Å². The fourth-order valence-electron chi connectivity index (χ4n) is 4.41. The maximum Gasteiger partial charge on any atom is 0.274 e. The van der Waals surface area contributed by atoms with Gasteiger partial charge >= 0.3 is 0 Å². The Morgan fingerprint density at radius 3 is 2.68 bits per heavy atom. The van der Waals surface area contributed by atoms with Crippen LogP contribution in [-0.2, 0) is 17.9 Å². The maximum atomic E-state index is 13.5. The summed E-state index contributed by atoms with van der Waals surface area (Å²) in [5.74, 6) is 0.337. The molecule has 0 spiro atoms. The minimum Gasteiger partial charge on any atom is -0.467 e. The van der Waals surface area contributed by atoms with E-state index < -0.39 is 5.66 Å². The molecule has 5 rings (SSSR count). The number of aromatic nitrogens is 2. The van der Waals surface area contributed by atoms with Crippen LogP contribution in [0.4, 0.5) is 0 Å². The van der Waals surface area contributed by atoms with Crippen molar-refractivity contribution in [3.8, 4) is 11.5 Å². The molecule has 9 nitrogen and oxygen atoms in total. The summed E-state index contributed by atoms with van der Waals surface area (Å²) in [5.41, 5.74) is 5.95. The first-order valence-electron chi connectivity index (χ1n) is 10.6. The van der Waals surface area contributed by atoms with Crippen molar-refractivity contribution in [3.05, 3.63) is 54.3 Å². The second-order valence-corrected chi connectivity index (χ2v) is 8.25. The zero-order chi connectivity index (χ0) is 21.4. The monoisotopic (exact) mass is 423 g/mol. The highest BCUT2D eigenvalue weighted by Crippen LogP contribution is 2.30. The third-order valence-corrected chi connectivity index (χ3v) is 6.12. The molecule has 3 aromatic heterocycles. The van der Waals surface area contributed by atoms with E-state index in [0.717, 1.165) is 25.7 Å². The SMILES string of the molecule is NC1(C(=O)NC2CCCCC2)Cn2nc(-c3ccco3)cc2C(=O)N1Cc1ccco1. The lowest BCUT2D eigenvalue weighted by Gasteiger charge is -2.43. The average Bonchev–Trinajstić information content (AvgIpc) is 3.53. The van der Waals surface area contributed by atoms with Crippen LogP contribution in [-0.4, -0.2) is 38.2 Å². The van der Waals surface area contributed by atoms with Crippen LogP contribution in [0.5, 0.6) is 0 Å². The largest absolute Gasteiger partial charge is 0.467 e. The highest BCUT2D eigenvalue weighted by molar-refractivity contribution is 6.00. The molecule has 31 heavy (non-hydrogen) atoms. The Balaban J connectivity index is 1.49. The fraction of sp³-hybridized carbons (Fsp3) is 0.409. The molecule has 2 amide bonds. The van der Waals surface area contributed by atoms with Crippen LogP contribution >= 0.6 is 0 Å². The summed E-state index contributed by atoms with van der Waals surface area (Å²) in [7, 11) is 0. The lowest BCUT2D eigenvalue weighted by molar-refractivity contribution is -0.135. The Hall–Kier alpha value is -3.33. The summed E-state index contributed by atoms with van der Waals surface area (Å²) in [6.45, 7) is 0.121. The molecular weight excluding hydrogens is 398 g/mol. The van der Waals surface area contributed by atoms with Crippen molar-refractivity contribution in [2.24, 2.45) is 5.73 Å². The Kier molecular flexibility index (Phi) is 4.90. The molecule has 1 atom stereocenters. The number of furan rings is 2. The quantitative estimate of drug-likeness (QED) is 0.651. The number of nitrogens with zero attached hydrogens (tertiary/aromatic N) is 3. The normalized spacial score (nSPS) is 21.8. The maximum absolute atomic E-state index is 13.5. The van der Waals surface area contributed by atoms with E-state index in [0.29, 0.717) is 22.9 Å². The minimum absolute atomic E-state index is 0.0358. The van der Waals surface area contributed by atoms with E-state index in [1.54, 1.807) is 36.6 Å². The van der Waals surface area contributed by atoms with E-state index in [9.17, 15) is 9.59 Å². The summed E-state index contributed by atoms with van der Waals surface area (Å²) in [6.07, 6.45) is 8.25. The zero-order valence-electron chi connectivity index (χ0n) is 17.1. The molecule has 3 N–H and O–H groups in total. The Labute approximate surface area is 179 Å². The standard InChI is InChI=1S/C22H25N5O4/c23-22(21(29)24-15-6-2-1-3-7-15)14-27-18(12-17(25-27)19-9-5-11-31-19)20(28)26(22)13-16-8-4-10-30-16/h4-5,8-12,15H,1-3,6-7,13-14,23H2,(H,24,29). The molecule has 2 aliphatic rings. The van der Waals surface area contributed by atoms with Gasteiger partial charge in [-0.15, -0.1) is 0 Å². The molecule has 1 saturated carbocycles. The second-order valence-electron chi connectivity index (χ2n) is 8.25. The van der Waals surface area contributed by atoms with Crippen LogP contribution in [0, 0.1) is 0 Å². The van der Waals surface area contributed by atoms with Gasteiger partial charge in [-0.1, -0.05) is 19.3 Å². The van der Waals surface area contributed by atoms with Crippen molar-refractivity contribution >= 4 is 11.8 Å². The number of hydrogen-bond donors (Lipinski definition) is 2. The Morgan fingerprint density at radius 2 is 1.97 bits per heavy atom. The first-order chi connectivity index (χ1) is 15.0. The fourth-order valence-corrected chi connectivity index (χ4v) is 4.41. The molecular formula is C22H25N5O4. The van der Waals surface area contributed by atoms with Crippen molar-refractivity contribution in [1.82, 2.24) is 20.0 Å². The number of nitrogens with one attached hydrogen (secondary N) is 1. The first-order valence-corrected chi connectivity index (χ1v) is 10.6. The number of carbonyl (C=O) groups is 2. The van der Waals surface area contributed by atoms with Crippen LogP contribution in [0.1, 0.15) is 48.4 Å². The molecule has 0 radical (unpaired) electrons. The van der Waals surface area contributed by atoms with Gasteiger partial charge < -0.3 is 19.1 Å². The highest BCUT2D eigenvalue weighted by atomic mass is 16.3. The number of carbonyl (C=O) groups excluding carboxylic acids is 2. The number of rotatable bonds is 5. The zero-order valence-corrected chi connectivity index (χ0v) is 17.1. The molecule has 9 heteroatoms. The van der Waals surface area contributed by atoms with Crippen LogP contribution in [0.25, 0.3) is 11.5 Å². The van der Waals surface area contributed by atoms with E-state index in [2.05, 4.69) is 10.4 Å². The van der Waals surface area contributed by atoms with Gasteiger partial charge in [0.1, 0.15) is 17.1 Å². The van der Waals surface area contributed by atoms with E-state index in [1.807, 2.05) is 0 Å². The Morgan fingerprint density at radius 1 is 1.19 bits per heavy atom. The summed E-state index contributed by atoms with van der Waals surface area (Å²) in [6, 6.07) is 8.75. The van der Waals surface area contributed by atoms with Crippen molar-refractivity contribution in [2.75, 3.05) is 0 Å². The van der Waals surface area contributed by atoms with Gasteiger partial charge in [-0.25, -0.2) is 0 Å². The van der Waals surface area contributed by atoms with E-state index in [4.69, 9.17) is 14.6 Å². The van der Waals surface area contributed by atoms with Gasteiger partial charge in [0.25, 0.3) is 11.8 Å². The van der Waals surface area contributed by atoms with Crippen molar-refractivity contribution < 1.29 is 18.4 Å².